The van der Waals surface area contributed by atoms with Gasteiger partial charge in [-0.3, -0.25) is 0 Å². The van der Waals surface area contributed by atoms with Crippen molar-refractivity contribution >= 4 is 26.8 Å². The third-order valence-electron chi connectivity index (χ3n) is 4.03. The van der Waals surface area contributed by atoms with Crippen LogP contribution in [0.5, 0.6) is 0 Å². The summed E-state index contributed by atoms with van der Waals surface area (Å²) in [6.07, 6.45) is 5.46. The highest BCUT2D eigenvalue weighted by molar-refractivity contribution is 9.10. The van der Waals surface area contributed by atoms with Crippen molar-refractivity contribution in [2.24, 2.45) is 7.05 Å². The molecule has 0 saturated heterocycles. The van der Waals surface area contributed by atoms with Crippen LogP contribution in [0.2, 0.25) is 0 Å². The Kier molecular flexibility index (Phi) is 3.44. The number of nitrogens with zero attached hydrogens (tertiary/aromatic N) is 1. The molecule has 0 spiro atoms. The molecule has 1 heterocycles. The van der Waals surface area contributed by atoms with Gasteiger partial charge in [0.2, 0.25) is 0 Å². The second-order valence-corrected chi connectivity index (χ2v) is 6.18. The zero-order valence-electron chi connectivity index (χ0n) is 10.7. The van der Waals surface area contributed by atoms with E-state index in [-0.39, 0.29) is 0 Å². The molecular weight excluding hydrogens is 288 g/mol. The lowest BCUT2D eigenvalue weighted by molar-refractivity contribution is 0.514. The van der Waals surface area contributed by atoms with Crippen LogP contribution in [0.25, 0.3) is 10.9 Å². The minimum absolute atomic E-state index is 0.731. The van der Waals surface area contributed by atoms with Crippen LogP contribution in [-0.2, 0) is 13.6 Å². The number of benzene rings is 1. The van der Waals surface area contributed by atoms with Gasteiger partial charge in [-0.05, 0) is 37.1 Å². The fourth-order valence-electron chi connectivity index (χ4n) is 2.93. The lowest BCUT2D eigenvalue weighted by Crippen LogP contribution is -2.26. The van der Waals surface area contributed by atoms with Crippen molar-refractivity contribution in [1.29, 1.82) is 0 Å². The van der Waals surface area contributed by atoms with Gasteiger partial charge >= 0.3 is 0 Å². The van der Waals surface area contributed by atoms with Crippen molar-refractivity contribution in [3.8, 4) is 0 Å². The zero-order valence-corrected chi connectivity index (χ0v) is 12.3. The molecular formula is C15H19BrN2. The Morgan fingerprint density at radius 3 is 2.83 bits per heavy atom. The molecule has 1 fully saturated rings. The van der Waals surface area contributed by atoms with Crippen LogP contribution < -0.4 is 5.32 Å². The van der Waals surface area contributed by atoms with Gasteiger partial charge in [0.25, 0.3) is 0 Å². The quantitative estimate of drug-likeness (QED) is 0.908. The number of rotatable bonds is 3. The Bertz CT molecular complexity index is 553. The molecule has 1 N–H and O–H groups in total. The van der Waals surface area contributed by atoms with Crippen LogP contribution in [0.15, 0.2) is 28.7 Å². The molecule has 2 aromatic rings. The summed E-state index contributed by atoms with van der Waals surface area (Å²) in [4.78, 5) is 0. The van der Waals surface area contributed by atoms with E-state index in [1.165, 1.54) is 42.3 Å². The Balaban J connectivity index is 1.80. The SMILES string of the molecule is Cn1c(CNC2CCCC2)cc2cc(Br)ccc21. The Hall–Kier alpha value is -0.800. The lowest BCUT2D eigenvalue weighted by Gasteiger charge is -2.12. The highest BCUT2D eigenvalue weighted by Gasteiger charge is 2.15. The molecule has 0 amide bonds. The first-order chi connectivity index (χ1) is 8.74. The van der Waals surface area contributed by atoms with Gasteiger partial charge in [-0.1, -0.05) is 28.8 Å². The largest absolute Gasteiger partial charge is 0.346 e. The first-order valence-electron chi connectivity index (χ1n) is 6.71. The van der Waals surface area contributed by atoms with Crippen molar-refractivity contribution < 1.29 is 0 Å². The van der Waals surface area contributed by atoms with Gasteiger partial charge in [0.15, 0.2) is 0 Å². The monoisotopic (exact) mass is 306 g/mol. The van der Waals surface area contributed by atoms with Crippen LogP contribution in [0, 0.1) is 0 Å². The molecule has 3 heteroatoms. The Morgan fingerprint density at radius 2 is 2.06 bits per heavy atom. The van der Waals surface area contributed by atoms with Gasteiger partial charge < -0.3 is 9.88 Å². The minimum Gasteiger partial charge on any atom is -0.346 e. The summed E-state index contributed by atoms with van der Waals surface area (Å²) in [6, 6.07) is 9.50. The maximum atomic E-state index is 3.68. The molecule has 0 unspecified atom stereocenters. The van der Waals surface area contributed by atoms with Crippen molar-refractivity contribution in [2.45, 2.75) is 38.3 Å². The predicted octanol–water partition coefficient (Wildman–Crippen LogP) is 3.97. The molecule has 2 nitrogen and oxygen atoms in total. The van der Waals surface area contributed by atoms with E-state index in [0.29, 0.717) is 0 Å². The van der Waals surface area contributed by atoms with Crippen molar-refractivity contribution in [3.05, 3.63) is 34.4 Å². The van der Waals surface area contributed by atoms with Crippen LogP contribution in [-0.4, -0.2) is 10.6 Å². The maximum Gasteiger partial charge on any atom is 0.0481 e. The van der Waals surface area contributed by atoms with E-state index in [9.17, 15) is 0 Å². The van der Waals surface area contributed by atoms with Gasteiger partial charge in [-0.25, -0.2) is 0 Å². The molecule has 0 radical (unpaired) electrons. The number of aryl methyl sites for hydroxylation is 1. The number of hydrogen-bond donors (Lipinski definition) is 1. The van der Waals surface area contributed by atoms with Gasteiger partial charge in [0.1, 0.15) is 0 Å². The molecule has 1 aromatic carbocycles. The Morgan fingerprint density at radius 1 is 1.28 bits per heavy atom. The van der Waals surface area contributed by atoms with Gasteiger partial charge in [-0.2, -0.15) is 0 Å². The summed E-state index contributed by atoms with van der Waals surface area (Å²) >= 11 is 3.53. The van der Waals surface area contributed by atoms with E-state index in [0.717, 1.165) is 17.1 Å². The van der Waals surface area contributed by atoms with Crippen LogP contribution >= 0.6 is 15.9 Å². The predicted molar refractivity (Wildman–Crippen MR) is 79.7 cm³/mol. The normalized spacial score (nSPS) is 16.8. The summed E-state index contributed by atoms with van der Waals surface area (Å²) in [7, 11) is 2.15. The summed E-state index contributed by atoms with van der Waals surface area (Å²) in [6.45, 7) is 0.980. The fourth-order valence-corrected chi connectivity index (χ4v) is 3.30. The van der Waals surface area contributed by atoms with E-state index >= 15 is 0 Å². The second-order valence-electron chi connectivity index (χ2n) is 5.26. The van der Waals surface area contributed by atoms with Crippen molar-refractivity contribution in [3.63, 3.8) is 0 Å². The van der Waals surface area contributed by atoms with E-state index in [1.54, 1.807) is 0 Å². The van der Waals surface area contributed by atoms with E-state index < -0.39 is 0 Å². The van der Waals surface area contributed by atoms with Crippen molar-refractivity contribution in [2.75, 3.05) is 0 Å². The van der Waals surface area contributed by atoms with Crippen LogP contribution in [0.1, 0.15) is 31.4 Å². The highest BCUT2D eigenvalue weighted by atomic mass is 79.9. The zero-order chi connectivity index (χ0) is 12.5. The molecule has 3 rings (SSSR count). The minimum atomic E-state index is 0.731. The summed E-state index contributed by atoms with van der Waals surface area (Å²) in [5.74, 6) is 0. The van der Waals surface area contributed by atoms with E-state index in [4.69, 9.17) is 0 Å². The fraction of sp³-hybridized carbons (Fsp3) is 0.467. The summed E-state index contributed by atoms with van der Waals surface area (Å²) in [5.41, 5.74) is 2.68. The molecule has 18 heavy (non-hydrogen) atoms. The lowest BCUT2D eigenvalue weighted by atomic mass is 10.2. The number of fused-ring (bicyclic) bond motifs is 1. The van der Waals surface area contributed by atoms with E-state index in [1.807, 2.05) is 0 Å². The second kappa shape index (κ2) is 5.06. The number of aromatic nitrogens is 1. The maximum absolute atomic E-state index is 3.68. The smallest absolute Gasteiger partial charge is 0.0481 e. The van der Waals surface area contributed by atoms with Gasteiger partial charge in [0, 0.05) is 40.7 Å². The number of nitrogens with one attached hydrogen (secondary N) is 1. The topological polar surface area (TPSA) is 17.0 Å². The third kappa shape index (κ3) is 2.34. The molecule has 0 bridgehead atoms. The van der Waals surface area contributed by atoms with Gasteiger partial charge in [-0.15, -0.1) is 0 Å². The van der Waals surface area contributed by atoms with Crippen LogP contribution in [0.4, 0.5) is 0 Å². The molecule has 96 valence electrons. The molecule has 0 aliphatic heterocycles. The van der Waals surface area contributed by atoms with E-state index in [2.05, 4.69) is 57.1 Å². The molecule has 0 atom stereocenters. The standard InChI is InChI=1S/C15H19BrN2/c1-18-14(10-17-13-4-2-3-5-13)9-11-8-12(16)6-7-15(11)18/h6-9,13,17H,2-5,10H2,1H3. The van der Waals surface area contributed by atoms with Crippen LogP contribution in [0.3, 0.4) is 0 Å². The summed E-state index contributed by atoms with van der Waals surface area (Å²) < 4.78 is 3.44. The molecule has 1 aliphatic rings. The molecule has 1 saturated carbocycles. The molecule has 1 aromatic heterocycles. The highest BCUT2D eigenvalue weighted by Crippen LogP contribution is 2.23. The van der Waals surface area contributed by atoms with Crippen molar-refractivity contribution in [1.82, 2.24) is 9.88 Å². The number of halogens is 1. The Labute approximate surface area is 116 Å². The average Bonchev–Trinajstić information content (AvgIpc) is 2.95. The first-order valence-corrected chi connectivity index (χ1v) is 7.50. The number of hydrogen-bond acceptors (Lipinski definition) is 1. The molecule has 1 aliphatic carbocycles. The first kappa shape index (κ1) is 12.2. The average molecular weight is 307 g/mol. The third-order valence-corrected chi connectivity index (χ3v) is 4.52. The summed E-state index contributed by atoms with van der Waals surface area (Å²) in [5, 5.41) is 5.00. The van der Waals surface area contributed by atoms with Gasteiger partial charge in [0.05, 0.1) is 0 Å².